The predicted octanol–water partition coefficient (Wildman–Crippen LogP) is 3.14. The molecule has 2 rings (SSSR count). The van der Waals surface area contributed by atoms with Crippen molar-refractivity contribution in [1.82, 2.24) is 5.32 Å². The van der Waals surface area contributed by atoms with Gasteiger partial charge in [0.2, 0.25) is 0 Å². The largest absolute Gasteiger partial charge is 0.497 e. The molecule has 90 valence electrons. The van der Waals surface area contributed by atoms with Crippen molar-refractivity contribution in [2.24, 2.45) is 0 Å². The van der Waals surface area contributed by atoms with E-state index in [1.165, 1.54) is 5.56 Å². The van der Waals surface area contributed by atoms with E-state index in [1.54, 1.807) is 13.4 Å². The van der Waals surface area contributed by atoms with Crippen LogP contribution in [0, 0.1) is 0 Å². The Bertz CT molecular complexity index is 434. The lowest BCUT2D eigenvalue weighted by molar-refractivity contribution is 0.414. The van der Waals surface area contributed by atoms with E-state index in [9.17, 15) is 0 Å². The van der Waals surface area contributed by atoms with Crippen LogP contribution in [0.3, 0.4) is 0 Å². The van der Waals surface area contributed by atoms with E-state index in [0.717, 1.165) is 18.1 Å². The second-order valence-electron chi connectivity index (χ2n) is 3.96. The van der Waals surface area contributed by atoms with Crippen LogP contribution in [0.4, 0.5) is 0 Å². The Balaban J connectivity index is 1.92. The fourth-order valence-corrected chi connectivity index (χ4v) is 1.68. The lowest BCUT2D eigenvalue weighted by atomic mass is 10.1. The SMILES string of the molecule is COc1ccc(C(C)NCc2ccco2)cc1. The highest BCUT2D eigenvalue weighted by molar-refractivity contribution is 5.28. The van der Waals surface area contributed by atoms with Crippen molar-refractivity contribution in [2.45, 2.75) is 19.5 Å². The van der Waals surface area contributed by atoms with Gasteiger partial charge in [-0.15, -0.1) is 0 Å². The van der Waals surface area contributed by atoms with Gasteiger partial charge in [0.15, 0.2) is 0 Å². The summed E-state index contributed by atoms with van der Waals surface area (Å²) in [6.07, 6.45) is 1.69. The lowest BCUT2D eigenvalue weighted by Crippen LogP contribution is -2.17. The molecule has 1 unspecified atom stereocenters. The fourth-order valence-electron chi connectivity index (χ4n) is 1.68. The first kappa shape index (κ1) is 11.7. The van der Waals surface area contributed by atoms with Crippen molar-refractivity contribution in [3.05, 3.63) is 54.0 Å². The normalized spacial score (nSPS) is 12.4. The zero-order chi connectivity index (χ0) is 12.1. The van der Waals surface area contributed by atoms with Crippen molar-refractivity contribution in [1.29, 1.82) is 0 Å². The molecule has 2 aromatic rings. The third-order valence-electron chi connectivity index (χ3n) is 2.78. The van der Waals surface area contributed by atoms with Gasteiger partial charge in [-0.25, -0.2) is 0 Å². The number of benzene rings is 1. The van der Waals surface area contributed by atoms with Crippen LogP contribution in [0.15, 0.2) is 47.1 Å². The molecule has 0 spiro atoms. The monoisotopic (exact) mass is 231 g/mol. The van der Waals surface area contributed by atoms with E-state index in [-0.39, 0.29) is 6.04 Å². The zero-order valence-electron chi connectivity index (χ0n) is 10.1. The quantitative estimate of drug-likeness (QED) is 0.858. The molecular formula is C14H17NO2. The molecule has 17 heavy (non-hydrogen) atoms. The molecule has 1 heterocycles. The third kappa shape index (κ3) is 3.11. The van der Waals surface area contributed by atoms with Crippen molar-refractivity contribution in [2.75, 3.05) is 7.11 Å². The highest BCUT2D eigenvalue weighted by atomic mass is 16.5. The molecule has 0 saturated carbocycles. The molecule has 1 atom stereocenters. The van der Waals surface area contributed by atoms with Gasteiger partial charge in [0.1, 0.15) is 11.5 Å². The van der Waals surface area contributed by atoms with Crippen LogP contribution >= 0.6 is 0 Å². The van der Waals surface area contributed by atoms with Gasteiger partial charge < -0.3 is 14.5 Å². The minimum Gasteiger partial charge on any atom is -0.497 e. The number of nitrogens with one attached hydrogen (secondary N) is 1. The summed E-state index contributed by atoms with van der Waals surface area (Å²) in [5.74, 6) is 1.83. The molecule has 1 aromatic carbocycles. The molecule has 0 aliphatic rings. The van der Waals surface area contributed by atoms with Crippen molar-refractivity contribution in [3.8, 4) is 5.75 Å². The first-order valence-electron chi connectivity index (χ1n) is 5.69. The fraction of sp³-hybridized carbons (Fsp3) is 0.286. The van der Waals surface area contributed by atoms with Gasteiger partial charge in [-0.1, -0.05) is 12.1 Å². The van der Waals surface area contributed by atoms with E-state index in [0.29, 0.717) is 0 Å². The molecule has 0 aliphatic heterocycles. The van der Waals surface area contributed by atoms with Crippen LogP contribution in [0.5, 0.6) is 5.75 Å². The molecular weight excluding hydrogens is 214 g/mol. The summed E-state index contributed by atoms with van der Waals surface area (Å²) >= 11 is 0. The second kappa shape index (κ2) is 5.55. The number of hydrogen-bond donors (Lipinski definition) is 1. The summed E-state index contributed by atoms with van der Waals surface area (Å²) in [5.41, 5.74) is 1.23. The van der Waals surface area contributed by atoms with Crippen molar-refractivity contribution >= 4 is 0 Å². The van der Waals surface area contributed by atoms with Gasteiger partial charge in [0.05, 0.1) is 19.9 Å². The molecule has 3 nitrogen and oxygen atoms in total. The summed E-state index contributed by atoms with van der Waals surface area (Å²) in [5, 5.41) is 3.40. The number of ether oxygens (including phenoxy) is 1. The standard InChI is InChI=1S/C14H17NO2/c1-11(15-10-14-4-3-9-17-14)12-5-7-13(16-2)8-6-12/h3-9,11,15H,10H2,1-2H3. The van der Waals surface area contributed by atoms with E-state index in [2.05, 4.69) is 24.4 Å². The van der Waals surface area contributed by atoms with E-state index in [1.807, 2.05) is 24.3 Å². The molecule has 0 radical (unpaired) electrons. The van der Waals surface area contributed by atoms with E-state index >= 15 is 0 Å². The Hall–Kier alpha value is -1.74. The average Bonchev–Trinajstić information content (AvgIpc) is 2.89. The number of furan rings is 1. The lowest BCUT2D eigenvalue weighted by Gasteiger charge is -2.13. The molecule has 1 N–H and O–H groups in total. The van der Waals surface area contributed by atoms with Gasteiger partial charge in [-0.3, -0.25) is 0 Å². The highest BCUT2D eigenvalue weighted by Gasteiger charge is 2.05. The molecule has 1 aromatic heterocycles. The first-order valence-corrected chi connectivity index (χ1v) is 5.69. The van der Waals surface area contributed by atoms with Crippen LogP contribution in [0.1, 0.15) is 24.3 Å². The topological polar surface area (TPSA) is 34.4 Å². The maximum atomic E-state index is 5.27. The summed E-state index contributed by atoms with van der Waals surface area (Å²) in [6, 6.07) is 12.2. The van der Waals surface area contributed by atoms with Crippen molar-refractivity contribution in [3.63, 3.8) is 0 Å². The number of methoxy groups -OCH3 is 1. The predicted molar refractivity (Wildman–Crippen MR) is 67.0 cm³/mol. The Morgan fingerprint density at radius 1 is 1.24 bits per heavy atom. The number of rotatable bonds is 5. The molecule has 0 bridgehead atoms. The number of hydrogen-bond acceptors (Lipinski definition) is 3. The smallest absolute Gasteiger partial charge is 0.118 e. The summed E-state index contributed by atoms with van der Waals surface area (Å²) in [7, 11) is 1.67. The van der Waals surface area contributed by atoms with E-state index in [4.69, 9.17) is 9.15 Å². The summed E-state index contributed by atoms with van der Waals surface area (Å²) in [6.45, 7) is 2.87. The third-order valence-corrected chi connectivity index (χ3v) is 2.78. The minimum absolute atomic E-state index is 0.283. The van der Waals surface area contributed by atoms with Crippen molar-refractivity contribution < 1.29 is 9.15 Å². The maximum Gasteiger partial charge on any atom is 0.118 e. The minimum atomic E-state index is 0.283. The van der Waals surface area contributed by atoms with Gasteiger partial charge in [0.25, 0.3) is 0 Å². The van der Waals surface area contributed by atoms with Gasteiger partial charge >= 0.3 is 0 Å². The van der Waals surface area contributed by atoms with E-state index < -0.39 is 0 Å². The summed E-state index contributed by atoms with van der Waals surface area (Å²) < 4.78 is 10.4. The van der Waals surface area contributed by atoms with Crippen LogP contribution in [-0.4, -0.2) is 7.11 Å². The Morgan fingerprint density at radius 2 is 2.00 bits per heavy atom. The van der Waals surface area contributed by atoms with Crippen LogP contribution in [0.25, 0.3) is 0 Å². The molecule has 0 amide bonds. The van der Waals surface area contributed by atoms with Crippen LogP contribution < -0.4 is 10.1 Å². The first-order chi connectivity index (χ1) is 8.29. The Labute approximate surface area is 101 Å². The van der Waals surface area contributed by atoms with Crippen LogP contribution in [-0.2, 0) is 6.54 Å². The maximum absolute atomic E-state index is 5.27. The molecule has 0 saturated heterocycles. The van der Waals surface area contributed by atoms with Crippen LogP contribution in [0.2, 0.25) is 0 Å². The Morgan fingerprint density at radius 3 is 2.59 bits per heavy atom. The molecule has 0 aliphatic carbocycles. The van der Waals surface area contributed by atoms with Gasteiger partial charge in [0, 0.05) is 6.04 Å². The molecule has 0 fully saturated rings. The molecule has 3 heteroatoms. The zero-order valence-corrected chi connectivity index (χ0v) is 10.1. The highest BCUT2D eigenvalue weighted by Crippen LogP contribution is 2.17. The second-order valence-corrected chi connectivity index (χ2v) is 3.96. The Kier molecular flexibility index (Phi) is 3.83. The van der Waals surface area contributed by atoms with Gasteiger partial charge in [-0.2, -0.15) is 0 Å². The van der Waals surface area contributed by atoms with Gasteiger partial charge in [-0.05, 0) is 36.8 Å². The average molecular weight is 231 g/mol. The summed E-state index contributed by atoms with van der Waals surface area (Å²) in [4.78, 5) is 0.